The average molecular weight is 353 g/mol. The first-order valence-electron chi connectivity index (χ1n) is 8.30. The molecule has 1 aliphatic carbocycles. The van der Waals surface area contributed by atoms with Crippen LogP contribution in [0.5, 0.6) is 0 Å². The zero-order valence-electron chi connectivity index (χ0n) is 15.4. The number of sulfonamides is 1. The van der Waals surface area contributed by atoms with Crippen molar-refractivity contribution in [3.63, 3.8) is 0 Å². The number of carbonyl (C=O) groups excluding carboxylic acids is 1. The second-order valence-corrected chi connectivity index (χ2v) is 9.77. The number of nitrogens with one attached hydrogen (secondary N) is 1. The van der Waals surface area contributed by atoms with Crippen molar-refractivity contribution in [1.82, 2.24) is 9.62 Å². The lowest BCUT2D eigenvalue weighted by atomic mass is 9.85. The van der Waals surface area contributed by atoms with Crippen molar-refractivity contribution in [2.45, 2.75) is 63.8 Å². The molecule has 24 heavy (non-hydrogen) atoms. The van der Waals surface area contributed by atoms with Gasteiger partial charge in [-0.15, -0.1) is 0 Å². The summed E-state index contributed by atoms with van der Waals surface area (Å²) in [7, 11) is -2.24. The number of rotatable bonds is 5. The van der Waals surface area contributed by atoms with E-state index in [-0.39, 0.29) is 23.9 Å². The van der Waals surface area contributed by atoms with Gasteiger partial charge >= 0.3 is 0 Å². The Balaban J connectivity index is 2.29. The summed E-state index contributed by atoms with van der Waals surface area (Å²) in [6.07, 6.45) is 1.96. The normalized spacial score (nSPS) is 15.6. The van der Waals surface area contributed by atoms with Gasteiger partial charge in [-0.25, -0.2) is 8.42 Å². The van der Waals surface area contributed by atoms with E-state index in [4.69, 9.17) is 0 Å². The van der Waals surface area contributed by atoms with Crippen molar-refractivity contribution < 1.29 is 13.2 Å². The van der Waals surface area contributed by atoms with E-state index < -0.39 is 10.0 Å². The third-order valence-corrected chi connectivity index (χ3v) is 6.41. The van der Waals surface area contributed by atoms with Crippen molar-refractivity contribution in [3.8, 4) is 0 Å². The predicted molar refractivity (Wildman–Crippen MR) is 95.6 cm³/mol. The zero-order valence-corrected chi connectivity index (χ0v) is 16.3. The van der Waals surface area contributed by atoms with Gasteiger partial charge < -0.3 is 5.32 Å². The highest BCUT2D eigenvalue weighted by Crippen LogP contribution is 2.30. The van der Waals surface area contributed by atoms with E-state index in [9.17, 15) is 13.2 Å². The summed E-state index contributed by atoms with van der Waals surface area (Å²) in [5, 5.41) is 2.82. The van der Waals surface area contributed by atoms with Gasteiger partial charge in [0.2, 0.25) is 15.9 Å². The molecule has 1 saturated carbocycles. The third kappa shape index (κ3) is 4.16. The molecule has 5 nitrogen and oxygen atoms in total. The fraction of sp³-hybridized carbons (Fsp3) is 0.611. The van der Waals surface area contributed by atoms with Gasteiger partial charge in [0.1, 0.15) is 0 Å². The largest absolute Gasteiger partial charge is 0.352 e. The highest BCUT2D eigenvalue weighted by molar-refractivity contribution is 7.89. The van der Waals surface area contributed by atoms with Crippen LogP contribution in [0.1, 0.15) is 50.3 Å². The number of likely N-dealkylation sites (N-methyl/N-ethyl adjacent to an activating group) is 1. The molecule has 0 spiro atoms. The minimum Gasteiger partial charge on any atom is -0.352 e. The van der Waals surface area contributed by atoms with Crippen molar-refractivity contribution in [2.24, 2.45) is 0 Å². The summed E-state index contributed by atoms with van der Waals surface area (Å²) >= 11 is 0. The second-order valence-electron chi connectivity index (χ2n) is 7.79. The molecule has 6 heteroatoms. The number of amides is 1. The first kappa shape index (κ1) is 18.9. The minimum atomic E-state index is -3.70. The maximum absolute atomic E-state index is 12.9. The van der Waals surface area contributed by atoms with Crippen LogP contribution in [0.3, 0.4) is 0 Å². The number of aryl methyl sites for hydroxylation is 2. The zero-order chi connectivity index (χ0) is 18.3. The summed E-state index contributed by atoms with van der Waals surface area (Å²) < 4.78 is 27.0. The molecule has 0 aromatic heterocycles. The van der Waals surface area contributed by atoms with E-state index in [1.54, 1.807) is 0 Å². The summed E-state index contributed by atoms with van der Waals surface area (Å²) in [5.41, 5.74) is 2.49. The highest BCUT2D eigenvalue weighted by atomic mass is 32.2. The van der Waals surface area contributed by atoms with E-state index in [0.717, 1.165) is 33.8 Å². The molecular formula is C18H28N2O3S. The summed E-state index contributed by atoms with van der Waals surface area (Å²) in [4.78, 5) is 12.2. The van der Waals surface area contributed by atoms with Crippen LogP contribution in [0.15, 0.2) is 17.0 Å². The smallest absolute Gasteiger partial charge is 0.243 e. The lowest BCUT2D eigenvalue weighted by Gasteiger charge is -2.24. The van der Waals surface area contributed by atoms with E-state index in [1.807, 2.05) is 26.0 Å². The number of benzene rings is 1. The molecule has 0 atom stereocenters. The number of hydrogen-bond donors (Lipinski definition) is 1. The van der Waals surface area contributed by atoms with E-state index in [2.05, 4.69) is 26.1 Å². The Morgan fingerprint density at radius 2 is 1.71 bits per heavy atom. The van der Waals surface area contributed by atoms with Gasteiger partial charge in [-0.1, -0.05) is 32.9 Å². The van der Waals surface area contributed by atoms with Gasteiger partial charge in [0.15, 0.2) is 0 Å². The summed E-state index contributed by atoms with van der Waals surface area (Å²) in [5.74, 6) is -0.245. The fourth-order valence-corrected chi connectivity index (χ4v) is 4.26. The summed E-state index contributed by atoms with van der Waals surface area (Å²) in [6.45, 7) is 9.77. The van der Waals surface area contributed by atoms with Crippen molar-refractivity contribution in [1.29, 1.82) is 0 Å². The minimum absolute atomic E-state index is 0.0478. The van der Waals surface area contributed by atoms with E-state index >= 15 is 0 Å². The quantitative estimate of drug-likeness (QED) is 0.885. The van der Waals surface area contributed by atoms with Gasteiger partial charge in [-0.05, 0) is 48.8 Å². The molecule has 1 amide bonds. The Bertz CT molecular complexity index is 721. The molecule has 0 saturated heterocycles. The molecule has 0 unspecified atom stereocenters. The molecule has 0 aliphatic heterocycles. The molecule has 1 N–H and O–H groups in total. The van der Waals surface area contributed by atoms with E-state index in [1.165, 1.54) is 7.05 Å². The van der Waals surface area contributed by atoms with Gasteiger partial charge in [0.25, 0.3) is 0 Å². The lowest BCUT2D eigenvalue weighted by molar-refractivity contribution is -0.121. The van der Waals surface area contributed by atoms with Gasteiger partial charge in [0.05, 0.1) is 11.4 Å². The number of hydrogen-bond acceptors (Lipinski definition) is 3. The maximum atomic E-state index is 12.9. The van der Waals surface area contributed by atoms with Crippen LogP contribution in [0.25, 0.3) is 0 Å². The van der Waals surface area contributed by atoms with Crippen LogP contribution in [0.2, 0.25) is 0 Å². The first-order valence-corrected chi connectivity index (χ1v) is 9.74. The van der Waals surface area contributed by atoms with Crippen LogP contribution in [-0.4, -0.2) is 38.3 Å². The average Bonchev–Trinajstić information content (AvgIpc) is 3.19. The molecule has 1 aromatic carbocycles. The highest BCUT2D eigenvalue weighted by Gasteiger charge is 2.30. The lowest BCUT2D eigenvalue weighted by Crippen LogP contribution is -2.39. The fourth-order valence-electron chi connectivity index (χ4n) is 2.73. The van der Waals surface area contributed by atoms with Crippen LogP contribution in [-0.2, 0) is 20.2 Å². The van der Waals surface area contributed by atoms with Gasteiger partial charge in [0, 0.05) is 13.1 Å². The molecule has 0 radical (unpaired) electrons. The van der Waals surface area contributed by atoms with Gasteiger partial charge in [-0.2, -0.15) is 4.31 Å². The van der Waals surface area contributed by atoms with E-state index in [0.29, 0.717) is 4.90 Å². The van der Waals surface area contributed by atoms with Crippen LogP contribution in [0, 0.1) is 13.8 Å². The van der Waals surface area contributed by atoms with Crippen molar-refractivity contribution >= 4 is 15.9 Å². The Hall–Kier alpha value is -1.40. The Morgan fingerprint density at radius 1 is 1.21 bits per heavy atom. The molecule has 0 heterocycles. The molecular weight excluding hydrogens is 324 g/mol. The van der Waals surface area contributed by atoms with Crippen LogP contribution >= 0.6 is 0 Å². The molecule has 1 aromatic rings. The van der Waals surface area contributed by atoms with Crippen molar-refractivity contribution in [2.75, 3.05) is 13.6 Å². The Labute approximate surface area is 145 Å². The number of nitrogens with zero attached hydrogens (tertiary/aromatic N) is 1. The Kier molecular flexibility index (Phi) is 5.11. The SMILES string of the molecule is Cc1cc(C(C)(C)C)cc(C)c1S(=O)(=O)N(C)CC(=O)NC1CC1. The molecule has 0 bridgehead atoms. The van der Waals surface area contributed by atoms with Crippen LogP contribution in [0.4, 0.5) is 0 Å². The number of carbonyl (C=O) groups is 1. The molecule has 1 aliphatic rings. The van der Waals surface area contributed by atoms with Gasteiger partial charge in [-0.3, -0.25) is 4.79 Å². The maximum Gasteiger partial charge on any atom is 0.243 e. The molecule has 2 rings (SSSR count). The summed E-state index contributed by atoms with van der Waals surface area (Å²) in [6, 6.07) is 4.08. The second kappa shape index (κ2) is 6.48. The Morgan fingerprint density at radius 3 is 2.12 bits per heavy atom. The monoisotopic (exact) mass is 352 g/mol. The molecule has 1 fully saturated rings. The first-order chi connectivity index (χ1) is 10.9. The standard InChI is InChI=1S/C18H28N2O3S/c1-12-9-14(18(3,4)5)10-13(2)17(12)24(22,23)20(6)11-16(21)19-15-7-8-15/h9-10,15H,7-8,11H2,1-6H3,(H,19,21). The molecule has 134 valence electrons. The van der Waals surface area contributed by atoms with Crippen LogP contribution < -0.4 is 5.32 Å². The third-order valence-electron chi connectivity index (χ3n) is 4.30. The topological polar surface area (TPSA) is 66.5 Å². The predicted octanol–water partition coefficient (Wildman–Crippen LogP) is 2.50. The van der Waals surface area contributed by atoms with Crippen molar-refractivity contribution in [3.05, 3.63) is 28.8 Å².